The van der Waals surface area contributed by atoms with Gasteiger partial charge < -0.3 is 33.9 Å². The summed E-state index contributed by atoms with van der Waals surface area (Å²) in [5, 5.41) is 3.99. The number of carbonyl (C=O) groups excluding carboxylic acids is 3. The van der Waals surface area contributed by atoms with Gasteiger partial charge in [-0.15, -0.1) is 0 Å². The van der Waals surface area contributed by atoms with Crippen LogP contribution < -0.4 is 14.8 Å². The minimum atomic E-state index is -0.466. The molecule has 3 heterocycles. The number of methoxy groups -OCH3 is 1. The Hall–Kier alpha value is -4.83. The Labute approximate surface area is 262 Å². The molecular weight excluding hydrogens is 572 g/mol. The highest BCUT2D eigenvalue weighted by Crippen LogP contribution is 2.27. The Kier molecular flexibility index (Phi) is 8.75. The summed E-state index contributed by atoms with van der Waals surface area (Å²) in [4.78, 5) is 43.2. The van der Waals surface area contributed by atoms with E-state index in [4.69, 9.17) is 14.2 Å². The molecule has 1 aromatic heterocycles. The van der Waals surface area contributed by atoms with Gasteiger partial charge >= 0.3 is 0 Å². The van der Waals surface area contributed by atoms with Crippen molar-refractivity contribution in [1.29, 1.82) is 0 Å². The molecule has 45 heavy (non-hydrogen) atoms. The molecule has 1 N–H and O–H groups in total. The molecule has 0 saturated carbocycles. The lowest BCUT2D eigenvalue weighted by atomic mass is 10.0. The largest absolute Gasteiger partial charge is 0.497 e. The van der Waals surface area contributed by atoms with Gasteiger partial charge in [-0.1, -0.05) is 24.3 Å². The predicted octanol–water partition coefficient (Wildman–Crippen LogP) is 4.30. The third kappa shape index (κ3) is 6.81. The normalized spacial score (nSPS) is 19.6. The number of carbonyl (C=O) groups is 3. The molecule has 6 rings (SSSR count). The Morgan fingerprint density at radius 2 is 1.69 bits per heavy atom. The van der Waals surface area contributed by atoms with E-state index in [2.05, 4.69) is 5.32 Å². The number of amides is 3. The third-order valence-electron chi connectivity index (χ3n) is 8.58. The molecule has 2 aliphatic heterocycles. The third-order valence-corrected chi connectivity index (χ3v) is 8.58. The number of aromatic nitrogens is 1. The van der Waals surface area contributed by atoms with Gasteiger partial charge in [0.15, 0.2) is 0 Å². The van der Waals surface area contributed by atoms with Crippen LogP contribution in [-0.4, -0.2) is 78.0 Å². The van der Waals surface area contributed by atoms with Gasteiger partial charge in [0, 0.05) is 44.5 Å². The van der Waals surface area contributed by atoms with E-state index in [0.29, 0.717) is 43.2 Å². The van der Waals surface area contributed by atoms with E-state index in [1.807, 2.05) is 84.4 Å². The number of piperidine rings is 1. The van der Waals surface area contributed by atoms with Crippen molar-refractivity contribution in [2.45, 2.75) is 38.0 Å². The number of hydrogen-bond donors (Lipinski definition) is 1. The SMILES string of the molecule is COc1ccc2c(c1)cc(C(=O)N1CC[C@H]3OCc4cccc(c4)Oc4cccc(c4)CCC(=O)N(C)CC(=O)N[C@H]3C1)n2C. The Bertz CT molecular complexity index is 1730. The van der Waals surface area contributed by atoms with Crippen molar-refractivity contribution >= 4 is 28.6 Å². The molecule has 0 unspecified atom stereocenters. The molecule has 2 aliphatic rings. The van der Waals surface area contributed by atoms with Gasteiger partial charge in [0.1, 0.15) is 22.9 Å². The number of ether oxygens (including phenoxy) is 3. The van der Waals surface area contributed by atoms with Crippen LogP contribution in [-0.2, 0) is 34.4 Å². The van der Waals surface area contributed by atoms with Gasteiger partial charge in [-0.2, -0.15) is 0 Å². The van der Waals surface area contributed by atoms with Crippen molar-refractivity contribution in [2.24, 2.45) is 7.05 Å². The second kappa shape index (κ2) is 13.0. The second-order valence-corrected chi connectivity index (χ2v) is 11.7. The molecule has 0 spiro atoms. The van der Waals surface area contributed by atoms with Crippen LogP contribution in [0.25, 0.3) is 10.9 Å². The molecule has 0 radical (unpaired) electrons. The van der Waals surface area contributed by atoms with Crippen LogP contribution in [0, 0.1) is 0 Å². The van der Waals surface area contributed by atoms with Crippen LogP contribution in [0.4, 0.5) is 0 Å². The van der Waals surface area contributed by atoms with Crippen LogP contribution in [0.1, 0.15) is 34.5 Å². The highest BCUT2D eigenvalue weighted by atomic mass is 16.5. The summed E-state index contributed by atoms with van der Waals surface area (Å²) in [6.07, 6.45) is 0.984. The zero-order valence-electron chi connectivity index (χ0n) is 25.8. The number of aryl methyl sites for hydroxylation is 2. The van der Waals surface area contributed by atoms with Crippen LogP contribution in [0.3, 0.4) is 0 Å². The van der Waals surface area contributed by atoms with Gasteiger partial charge in [0.25, 0.3) is 5.91 Å². The number of benzene rings is 3. The Morgan fingerprint density at radius 1 is 0.933 bits per heavy atom. The summed E-state index contributed by atoms with van der Waals surface area (Å²) in [7, 11) is 5.12. The van der Waals surface area contributed by atoms with Gasteiger partial charge in [-0.25, -0.2) is 0 Å². The summed E-state index contributed by atoms with van der Waals surface area (Å²) in [5.41, 5.74) is 3.38. The lowest BCUT2D eigenvalue weighted by molar-refractivity contribution is -0.135. The lowest BCUT2D eigenvalue weighted by Gasteiger charge is -2.39. The van der Waals surface area contributed by atoms with Crippen LogP contribution in [0.15, 0.2) is 72.8 Å². The molecule has 3 aromatic carbocycles. The number of likely N-dealkylation sites (N-methyl/N-ethyl adjacent to an activating group) is 1. The molecule has 1 saturated heterocycles. The van der Waals surface area contributed by atoms with E-state index in [1.165, 1.54) is 4.90 Å². The van der Waals surface area contributed by atoms with Crippen molar-refractivity contribution in [2.75, 3.05) is 33.8 Å². The molecule has 10 heteroatoms. The van der Waals surface area contributed by atoms with Crippen LogP contribution in [0.5, 0.6) is 17.2 Å². The van der Waals surface area contributed by atoms with E-state index in [0.717, 1.165) is 27.8 Å². The minimum absolute atomic E-state index is 0.0910. The second-order valence-electron chi connectivity index (χ2n) is 11.7. The molecule has 234 valence electrons. The first kappa shape index (κ1) is 30.2. The Balaban J connectivity index is 1.24. The maximum absolute atomic E-state index is 13.8. The first-order valence-electron chi connectivity index (χ1n) is 15.2. The summed E-state index contributed by atoms with van der Waals surface area (Å²) in [6.45, 7) is 0.964. The van der Waals surface area contributed by atoms with Crippen molar-refractivity contribution in [3.8, 4) is 17.2 Å². The summed E-state index contributed by atoms with van der Waals surface area (Å²) in [6, 6.07) is 22.5. The summed E-state index contributed by atoms with van der Waals surface area (Å²) >= 11 is 0. The summed E-state index contributed by atoms with van der Waals surface area (Å²) in [5.74, 6) is 1.54. The first-order valence-corrected chi connectivity index (χ1v) is 15.2. The van der Waals surface area contributed by atoms with Gasteiger partial charge in [0.2, 0.25) is 11.8 Å². The van der Waals surface area contributed by atoms with E-state index in [9.17, 15) is 14.4 Å². The van der Waals surface area contributed by atoms with E-state index in [1.54, 1.807) is 19.1 Å². The first-order chi connectivity index (χ1) is 21.8. The quantitative estimate of drug-likeness (QED) is 0.363. The number of hydrogen-bond acceptors (Lipinski definition) is 6. The van der Waals surface area contributed by atoms with E-state index >= 15 is 0 Å². The standard InChI is InChI=1S/C35H38N4O6/c1-37-21-33(40)36-29-20-39(35(42)31-19-25-18-26(43-3)11-12-30(25)38(31)2)15-14-32(29)44-22-24-7-5-9-28(17-24)45-27-8-4-6-23(16-27)10-13-34(37)41/h4-9,11-12,16-19,29,32H,10,13-15,20-22H2,1-3H3,(H,36,40)/t29-,32+/m0/s1. The van der Waals surface area contributed by atoms with Crippen molar-refractivity contribution in [3.05, 3.63) is 89.6 Å². The number of rotatable bonds is 2. The maximum Gasteiger partial charge on any atom is 0.270 e. The zero-order chi connectivity index (χ0) is 31.5. The average Bonchev–Trinajstić information content (AvgIpc) is 3.37. The van der Waals surface area contributed by atoms with Crippen LogP contribution >= 0.6 is 0 Å². The maximum atomic E-state index is 13.8. The van der Waals surface area contributed by atoms with Crippen molar-refractivity contribution in [3.63, 3.8) is 0 Å². The molecule has 1 fully saturated rings. The van der Waals surface area contributed by atoms with Gasteiger partial charge in [0.05, 0.1) is 32.4 Å². The fourth-order valence-electron chi connectivity index (χ4n) is 6.08. The fraction of sp³-hybridized carbons (Fsp3) is 0.343. The number of fused-ring (bicyclic) bond motifs is 6. The van der Waals surface area contributed by atoms with E-state index < -0.39 is 6.04 Å². The molecule has 2 atom stereocenters. The fourth-order valence-corrected chi connectivity index (χ4v) is 6.08. The van der Waals surface area contributed by atoms with Gasteiger partial charge in [-0.05, 0) is 72.5 Å². The summed E-state index contributed by atoms with van der Waals surface area (Å²) < 4.78 is 19.8. The number of nitrogens with one attached hydrogen (secondary N) is 1. The van der Waals surface area contributed by atoms with Crippen LogP contribution in [0.2, 0.25) is 0 Å². The van der Waals surface area contributed by atoms with Crippen molar-refractivity contribution in [1.82, 2.24) is 19.7 Å². The topological polar surface area (TPSA) is 102 Å². The molecular formula is C35H38N4O6. The molecule has 4 bridgehead atoms. The van der Waals surface area contributed by atoms with Gasteiger partial charge in [-0.3, -0.25) is 14.4 Å². The number of nitrogens with zero attached hydrogens (tertiary/aromatic N) is 3. The zero-order valence-corrected chi connectivity index (χ0v) is 25.8. The highest BCUT2D eigenvalue weighted by Gasteiger charge is 2.35. The average molecular weight is 611 g/mol. The predicted molar refractivity (Wildman–Crippen MR) is 169 cm³/mol. The lowest BCUT2D eigenvalue weighted by Crippen LogP contribution is -2.58. The molecule has 3 amide bonds. The number of likely N-dealkylation sites (tertiary alicyclic amines) is 1. The molecule has 4 aromatic rings. The Morgan fingerprint density at radius 3 is 2.47 bits per heavy atom. The van der Waals surface area contributed by atoms with E-state index in [-0.39, 0.29) is 43.3 Å². The smallest absolute Gasteiger partial charge is 0.270 e. The molecule has 0 aliphatic carbocycles. The van der Waals surface area contributed by atoms with Crippen molar-refractivity contribution < 1.29 is 28.6 Å². The monoisotopic (exact) mass is 610 g/mol. The minimum Gasteiger partial charge on any atom is -0.497 e. The highest BCUT2D eigenvalue weighted by molar-refractivity contribution is 5.99. The molecule has 10 nitrogen and oxygen atoms in total.